The third kappa shape index (κ3) is 2.52. The number of nitrogens with zero attached hydrogens (tertiary/aromatic N) is 6. The smallest absolute Gasteiger partial charge is 0.269 e. The van der Waals surface area contributed by atoms with Crippen LogP contribution in [-0.4, -0.2) is 24.8 Å². The number of aromatic nitrogens is 5. The van der Waals surface area contributed by atoms with Gasteiger partial charge in [0, 0.05) is 5.56 Å². The van der Waals surface area contributed by atoms with E-state index in [9.17, 15) is 4.39 Å². The van der Waals surface area contributed by atoms with Crippen LogP contribution in [0.3, 0.4) is 0 Å². The van der Waals surface area contributed by atoms with Crippen molar-refractivity contribution in [2.45, 2.75) is 13.5 Å². The highest BCUT2D eigenvalue weighted by molar-refractivity contribution is 5.81. The Kier molecular flexibility index (Phi) is 3.47. The van der Waals surface area contributed by atoms with Gasteiger partial charge in [0.05, 0.1) is 12.1 Å². The quantitative estimate of drug-likeness (QED) is 0.536. The first-order valence-electron chi connectivity index (χ1n) is 7.44. The molecule has 0 aliphatic carbocycles. The monoisotopic (exact) mass is 334 g/mol. The van der Waals surface area contributed by atoms with Gasteiger partial charge in [-0.05, 0) is 30.3 Å². The lowest BCUT2D eigenvalue weighted by Crippen LogP contribution is -2.03. The number of hydrogen-bond donors (Lipinski definition) is 0. The van der Waals surface area contributed by atoms with E-state index in [0.29, 0.717) is 35.1 Å². The van der Waals surface area contributed by atoms with Gasteiger partial charge >= 0.3 is 0 Å². The van der Waals surface area contributed by atoms with Crippen LogP contribution in [0.2, 0.25) is 0 Å². The zero-order valence-electron chi connectivity index (χ0n) is 13.1. The molecule has 0 N–H and O–H groups in total. The molecule has 122 valence electrons. The first-order chi connectivity index (χ1) is 12.2. The first-order valence-corrected chi connectivity index (χ1v) is 7.44. The van der Waals surface area contributed by atoms with Crippen LogP contribution in [0.4, 0.5) is 10.2 Å². The van der Waals surface area contributed by atoms with Gasteiger partial charge < -0.3 is 9.41 Å². The molecule has 3 aromatic heterocycles. The summed E-state index contributed by atoms with van der Waals surface area (Å²) in [5.41, 5.74) is 2.77. The van der Waals surface area contributed by atoms with E-state index in [1.807, 2.05) is 10.6 Å². The molecule has 0 aliphatic heterocycles. The lowest BCUT2D eigenvalue weighted by molar-refractivity contribution is 0.305. The number of benzene rings is 1. The predicted octanol–water partition coefficient (Wildman–Crippen LogP) is 3.53. The van der Waals surface area contributed by atoms with Crippen molar-refractivity contribution in [1.29, 1.82) is 0 Å². The molecular formula is C17H11FN6O. The van der Waals surface area contributed by atoms with Gasteiger partial charge in [0.1, 0.15) is 17.4 Å². The summed E-state index contributed by atoms with van der Waals surface area (Å²) in [7, 11) is 0. The molecule has 3 heterocycles. The van der Waals surface area contributed by atoms with Gasteiger partial charge in [-0.2, -0.15) is 0 Å². The van der Waals surface area contributed by atoms with Gasteiger partial charge in [0.2, 0.25) is 0 Å². The molecule has 0 spiro atoms. The Morgan fingerprint density at radius 2 is 2.12 bits per heavy atom. The summed E-state index contributed by atoms with van der Waals surface area (Å²) in [5, 5.41) is 7.67. The summed E-state index contributed by atoms with van der Waals surface area (Å²) in [4.78, 5) is 11.8. The van der Waals surface area contributed by atoms with Gasteiger partial charge in [0.15, 0.2) is 17.3 Å². The molecule has 0 aliphatic rings. The van der Waals surface area contributed by atoms with Crippen molar-refractivity contribution in [2.24, 2.45) is 0 Å². The van der Waals surface area contributed by atoms with E-state index in [0.717, 1.165) is 5.56 Å². The van der Waals surface area contributed by atoms with Crippen molar-refractivity contribution in [2.75, 3.05) is 0 Å². The van der Waals surface area contributed by atoms with Crippen molar-refractivity contribution in [3.8, 4) is 11.5 Å². The number of fused-ring (bicyclic) bond motifs is 1. The number of pyridine rings is 1. The normalized spacial score (nSPS) is 10.9. The molecule has 4 rings (SSSR count). The van der Waals surface area contributed by atoms with E-state index in [2.05, 4.69) is 25.1 Å². The molecule has 0 saturated carbocycles. The second kappa shape index (κ2) is 5.79. The van der Waals surface area contributed by atoms with E-state index in [1.165, 1.54) is 6.07 Å². The maximum absolute atomic E-state index is 14.2. The minimum absolute atomic E-state index is 0.255. The Bertz CT molecular complexity index is 1110. The summed E-state index contributed by atoms with van der Waals surface area (Å²) in [6, 6.07) is 8.24. The molecule has 0 unspecified atom stereocenters. The number of hydrogen-bond acceptors (Lipinski definition) is 5. The number of imidazole rings is 1. The Labute approximate surface area is 141 Å². The zero-order valence-corrected chi connectivity index (χ0v) is 13.1. The van der Waals surface area contributed by atoms with Gasteiger partial charge in [0.25, 0.3) is 5.82 Å². The number of aryl methyl sites for hydroxylation is 1. The van der Waals surface area contributed by atoms with Crippen LogP contribution in [0.1, 0.15) is 11.3 Å². The minimum Gasteiger partial charge on any atom is -0.361 e. The molecule has 0 atom stereocenters. The SMILES string of the molecule is [C-]#[N+]c1ccc(Cn2c(-c3nonc3C)nc3c(F)cccc32)cn1. The predicted molar refractivity (Wildman–Crippen MR) is 87.3 cm³/mol. The maximum atomic E-state index is 14.2. The number of para-hydroxylation sites is 1. The van der Waals surface area contributed by atoms with Gasteiger partial charge in [-0.1, -0.05) is 23.9 Å². The summed E-state index contributed by atoms with van der Waals surface area (Å²) in [6.07, 6.45) is 1.62. The minimum atomic E-state index is -0.409. The van der Waals surface area contributed by atoms with Crippen LogP contribution in [0, 0.1) is 19.3 Å². The molecule has 8 heteroatoms. The highest BCUT2D eigenvalue weighted by Gasteiger charge is 2.20. The molecule has 7 nitrogen and oxygen atoms in total. The molecule has 0 amide bonds. The third-order valence-electron chi connectivity index (χ3n) is 3.86. The van der Waals surface area contributed by atoms with E-state index in [-0.39, 0.29) is 5.52 Å². The van der Waals surface area contributed by atoms with Gasteiger partial charge in [-0.25, -0.2) is 14.0 Å². The molecular weight excluding hydrogens is 323 g/mol. The van der Waals surface area contributed by atoms with Gasteiger partial charge in [-0.15, -0.1) is 4.98 Å². The molecule has 0 bridgehead atoms. The Morgan fingerprint density at radius 3 is 2.80 bits per heavy atom. The van der Waals surface area contributed by atoms with Crippen LogP contribution >= 0.6 is 0 Å². The lowest BCUT2D eigenvalue weighted by Gasteiger charge is -2.07. The molecule has 25 heavy (non-hydrogen) atoms. The van der Waals surface area contributed by atoms with E-state index in [1.54, 1.807) is 31.3 Å². The zero-order chi connectivity index (χ0) is 17.4. The highest BCUT2D eigenvalue weighted by atomic mass is 19.1. The number of halogens is 1. The van der Waals surface area contributed by atoms with Crippen LogP contribution in [0.25, 0.3) is 27.4 Å². The largest absolute Gasteiger partial charge is 0.361 e. The van der Waals surface area contributed by atoms with Gasteiger partial charge in [-0.3, -0.25) is 0 Å². The Balaban J connectivity index is 1.90. The fourth-order valence-electron chi connectivity index (χ4n) is 2.65. The topological polar surface area (TPSA) is 74.0 Å². The molecule has 0 saturated heterocycles. The summed E-state index contributed by atoms with van der Waals surface area (Å²) < 4.78 is 20.8. The Hall–Kier alpha value is -3.60. The highest BCUT2D eigenvalue weighted by Crippen LogP contribution is 2.27. The van der Waals surface area contributed by atoms with Crippen molar-refractivity contribution < 1.29 is 9.02 Å². The van der Waals surface area contributed by atoms with Crippen LogP contribution in [0.5, 0.6) is 0 Å². The fourth-order valence-corrected chi connectivity index (χ4v) is 2.65. The Morgan fingerprint density at radius 1 is 1.24 bits per heavy atom. The lowest BCUT2D eigenvalue weighted by atomic mass is 10.2. The average molecular weight is 334 g/mol. The van der Waals surface area contributed by atoms with E-state index < -0.39 is 5.82 Å². The summed E-state index contributed by atoms with van der Waals surface area (Å²) in [6.45, 7) is 9.12. The third-order valence-corrected chi connectivity index (χ3v) is 3.86. The van der Waals surface area contributed by atoms with Crippen molar-refractivity contribution in [3.05, 3.63) is 65.0 Å². The average Bonchev–Trinajstić information content (AvgIpc) is 3.20. The van der Waals surface area contributed by atoms with Crippen LogP contribution in [-0.2, 0) is 6.54 Å². The number of rotatable bonds is 3. The molecule has 4 aromatic rings. The van der Waals surface area contributed by atoms with Crippen molar-refractivity contribution in [1.82, 2.24) is 24.8 Å². The van der Waals surface area contributed by atoms with Crippen LogP contribution < -0.4 is 0 Å². The second-order valence-electron chi connectivity index (χ2n) is 5.46. The maximum Gasteiger partial charge on any atom is 0.269 e. The van der Waals surface area contributed by atoms with E-state index >= 15 is 0 Å². The summed E-state index contributed by atoms with van der Waals surface area (Å²) in [5.74, 6) is 0.378. The first kappa shape index (κ1) is 15.0. The van der Waals surface area contributed by atoms with Crippen molar-refractivity contribution >= 4 is 16.9 Å². The molecule has 1 aromatic carbocycles. The standard InChI is InChI=1S/C17H11FN6O/c1-10-15(23-25-22-10)17-21-16-12(18)4-3-5-13(16)24(17)9-11-6-7-14(19-2)20-8-11/h3-8H,9H2,1H3. The molecule has 0 fully saturated rings. The molecule has 0 radical (unpaired) electrons. The fraction of sp³-hybridized carbons (Fsp3) is 0.118. The van der Waals surface area contributed by atoms with E-state index in [4.69, 9.17) is 11.2 Å². The van der Waals surface area contributed by atoms with Crippen LogP contribution in [0.15, 0.2) is 41.2 Å². The summed E-state index contributed by atoms with van der Waals surface area (Å²) >= 11 is 0. The van der Waals surface area contributed by atoms with Crippen molar-refractivity contribution in [3.63, 3.8) is 0 Å². The second-order valence-corrected chi connectivity index (χ2v) is 5.46.